The fraction of sp³-hybridized carbons (Fsp3) is 0.0800. The third-order valence-corrected chi connectivity index (χ3v) is 6.57. The van der Waals surface area contributed by atoms with Crippen LogP contribution >= 0.6 is 7.92 Å². The Morgan fingerprint density at radius 1 is 0.767 bits per heavy atom. The number of allylic oxidation sites excluding steroid dienone is 2. The zero-order valence-corrected chi connectivity index (χ0v) is 19.3. The van der Waals surface area contributed by atoms with Crippen molar-refractivity contribution in [3.8, 4) is 0 Å². The predicted molar refractivity (Wildman–Crippen MR) is 124 cm³/mol. The van der Waals surface area contributed by atoms with Gasteiger partial charge in [-0.15, -0.1) is 12.6 Å². The molecule has 156 valence electrons. The molecule has 4 rings (SSSR count). The van der Waals surface area contributed by atoms with Gasteiger partial charge >= 0.3 is 20.4 Å². The third-order valence-electron chi connectivity index (χ3n) is 3.84. The number of carbonyl (C=O) groups is 1. The summed E-state index contributed by atoms with van der Waals surface area (Å²) in [6.45, 7) is 1.83. The van der Waals surface area contributed by atoms with Crippen molar-refractivity contribution in [1.82, 2.24) is 0 Å². The molecule has 0 spiro atoms. The van der Waals surface area contributed by atoms with Gasteiger partial charge in [-0.3, -0.25) is 0 Å². The Hall–Kier alpha value is -2.50. The number of hydrogen-bond acceptors (Lipinski definition) is 2. The minimum atomic E-state index is -1.08. The van der Waals surface area contributed by atoms with E-state index in [1.54, 1.807) is 6.20 Å². The van der Waals surface area contributed by atoms with Crippen LogP contribution in [0.5, 0.6) is 0 Å². The van der Waals surface area contributed by atoms with E-state index in [2.05, 4.69) is 96.3 Å². The van der Waals surface area contributed by atoms with Crippen molar-refractivity contribution in [3.63, 3.8) is 0 Å². The molecule has 0 fully saturated rings. The van der Waals surface area contributed by atoms with E-state index in [1.165, 1.54) is 15.9 Å². The van der Waals surface area contributed by atoms with Crippen LogP contribution in [0, 0.1) is 0 Å². The maximum atomic E-state index is 8.89. The summed E-state index contributed by atoms with van der Waals surface area (Å²) in [5.41, 5.74) is 0. The Labute approximate surface area is 194 Å². The molecule has 3 aromatic rings. The molecule has 1 aliphatic rings. The van der Waals surface area contributed by atoms with Crippen LogP contribution < -0.4 is 21.0 Å². The molecule has 0 amide bonds. The number of rotatable bonds is 3. The van der Waals surface area contributed by atoms with Gasteiger partial charge in [0.05, 0.1) is 7.92 Å². The van der Waals surface area contributed by atoms with Crippen molar-refractivity contribution in [2.45, 2.75) is 6.92 Å². The molecule has 1 heterocycles. The van der Waals surface area contributed by atoms with Crippen LogP contribution in [0.4, 0.5) is 0 Å². The molecule has 0 aromatic heterocycles. The Bertz CT molecular complexity index is 790. The van der Waals surface area contributed by atoms with Crippen LogP contribution in [0.2, 0.25) is 0 Å². The van der Waals surface area contributed by atoms with E-state index in [1.807, 2.05) is 18.2 Å². The van der Waals surface area contributed by atoms with E-state index in [-0.39, 0.29) is 20.4 Å². The standard InChI is InChI=1S/C18H15P.C5H6N.C2H4O2.Pd/c1-4-10-16(11-5-1)19(17-12-6-2-7-13-17)18-14-8-3-9-15-18;1-2-4-6-5-3-1;1-2(3)4;/h1-15H;1-4H,5H2;1H3,(H,3,4);/q;-1;;+2. The van der Waals surface area contributed by atoms with Gasteiger partial charge in [-0.2, -0.15) is 6.20 Å². The summed E-state index contributed by atoms with van der Waals surface area (Å²) in [5, 5.41) is 17.1. The number of carboxylic acids is 1. The molecule has 0 saturated heterocycles. The third kappa shape index (κ3) is 9.81. The number of carboxylic acid groups (broad SMARTS) is 1. The maximum Gasteiger partial charge on any atom is 2.00 e. The van der Waals surface area contributed by atoms with Gasteiger partial charge in [0.15, 0.2) is 0 Å². The molecular weight excluding hydrogens is 484 g/mol. The summed E-state index contributed by atoms with van der Waals surface area (Å²) in [6.07, 6.45) is 7.73. The molecule has 0 bridgehead atoms. The van der Waals surface area contributed by atoms with Crippen LogP contribution in [0.15, 0.2) is 115 Å². The second-order valence-corrected chi connectivity index (χ2v) is 8.58. The maximum absolute atomic E-state index is 8.89. The van der Waals surface area contributed by atoms with Gasteiger partial charge in [0.25, 0.3) is 0 Å². The smallest absolute Gasteiger partial charge is 0.687 e. The summed E-state index contributed by atoms with van der Waals surface area (Å²) >= 11 is 0. The second kappa shape index (κ2) is 15.4. The van der Waals surface area contributed by atoms with Crippen LogP contribution in [0.25, 0.3) is 5.32 Å². The molecule has 0 saturated carbocycles. The van der Waals surface area contributed by atoms with Gasteiger partial charge < -0.3 is 15.2 Å². The number of hydrogen-bond donors (Lipinski definition) is 0. The van der Waals surface area contributed by atoms with Crippen LogP contribution in [0.3, 0.4) is 0 Å². The first kappa shape index (κ1) is 25.5. The summed E-state index contributed by atoms with van der Waals surface area (Å²) in [4.78, 5) is 8.89. The van der Waals surface area contributed by atoms with Crippen molar-refractivity contribution in [1.29, 1.82) is 0 Å². The number of aliphatic carboxylic acids is 1. The molecule has 0 aliphatic carbocycles. The van der Waals surface area contributed by atoms with Crippen molar-refractivity contribution < 1.29 is 30.3 Å². The van der Waals surface area contributed by atoms with Gasteiger partial charge in [0.2, 0.25) is 0 Å². The van der Waals surface area contributed by atoms with Crippen molar-refractivity contribution in [2.75, 3.05) is 6.54 Å². The first-order chi connectivity index (χ1) is 14.2. The first-order valence-electron chi connectivity index (χ1n) is 9.37. The Morgan fingerprint density at radius 3 is 1.33 bits per heavy atom. The molecule has 0 atom stereocenters. The normalized spacial score (nSPS) is 11.0. The summed E-state index contributed by atoms with van der Waals surface area (Å²) in [7, 11) is -0.877. The Morgan fingerprint density at radius 2 is 1.13 bits per heavy atom. The van der Waals surface area contributed by atoms with E-state index in [9.17, 15) is 0 Å². The van der Waals surface area contributed by atoms with Gasteiger partial charge in [0, 0.05) is 5.97 Å². The van der Waals surface area contributed by atoms with Gasteiger partial charge in [-0.25, -0.2) is 0 Å². The fourth-order valence-electron chi connectivity index (χ4n) is 2.69. The van der Waals surface area contributed by atoms with Gasteiger partial charge in [-0.1, -0.05) is 66.7 Å². The topological polar surface area (TPSA) is 54.2 Å². The first-order valence-corrected chi connectivity index (χ1v) is 10.9. The average molecular weight is 509 g/mol. The average Bonchev–Trinajstić information content (AvgIpc) is 2.78. The molecule has 0 N–H and O–H groups in total. The van der Waals surface area contributed by atoms with E-state index in [4.69, 9.17) is 9.90 Å². The minimum Gasteiger partial charge on any atom is -0.687 e. The van der Waals surface area contributed by atoms with Crippen molar-refractivity contribution in [3.05, 3.63) is 121 Å². The van der Waals surface area contributed by atoms with Crippen LogP contribution in [-0.2, 0) is 25.2 Å². The molecule has 0 unspecified atom stereocenters. The molecule has 5 heteroatoms. The predicted octanol–water partition coefficient (Wildman–Crippen LogP) is 3.37. The summed E-state index contributed by atoms with van der Waals surface area (Å²) in [5.74, 6) is -1.08. The monoisotopic (exact) mass is 508 g/mol. The quantitative estimate of drug-likeness (QED) is 0.402. The Balaban J connectivity index is 0.000000341. The molecule has 1 aliphatic heterocycles. The zero-order valence-electron chi connectivity index (χ0n) is 16.8. The van der Waals surface area contributed by atoms with E-state index in [0.29, 0.717) is 0 Å². The van der Waals surface area contributed by atoms with E-state index < -0.39 is 13.9 Å². The molecule has 0 radical (unpaired) electrons. The number of benzene rings is 3. The van der Waals surface area contributed by atoms with Gasteiger partial charge in [-0.05, 0) is 43.3 Å². The second-order valence-electron chi connectivity index (χ2n) is 6.10. The van der Waals surface area contributed by atoms with Crippen molar-refractivity contribution in [2.24, 2.45) is 0 Å². The summed E-state index contributed by atoms with van der Waals surface area (Å²) < 4.78 is 0. The number of carbonyl (C=O) groups excluding carboxylic acids is 1. The summed E-state index contributed by atoms with van der Waals surface area (Å²) in [6, 6.07) is 32.5. The van der Waals surface area contributed by atoms with Crippen LogP contribution in [0.1, 0.15) is 6.92 Å². The van der Waals surface area contributed by atoms with E-state index >= 15 is 0 Å². The molecule has 30 heavy (non-hydrogen) atoms. The largest absolute Gasteiger partial charge is 2.00 e. The number of nitrogens with zero attached hydrogens (tertiary/aromatic N) is 1. The SMILES string of the molecule is C1=CC[N-]C=C1.CC(=O)[O-].[Pd+2].c1ccc([PH+](c2ccccc2)c2ccccc2)cc1. The molecule has 3 nitrogen and oxygen atoms in total. The minimum absolute atomic E-state index is 0. The molecule has 3 aromatic carbocycles. The van der Waals surface area contributed by atoms with E-state index in [0.717, 1.165) is 13.5 Å². The van der Waals surface area contributed by atoms with Crippen molar-refractivity contribution >= 4 is 29.8 Å². The van der Waals surface area contributed by atoms with Gasteiger partial charge in [0.1, 0.15) is 15.9 Å². The zero-order chi connectivity index (χ0) is 20.7. The van der Waals surface area contributed by atoms with Crippen LogP contribution in [-0.4, -0.2) is 12.5 Å². The fourth-order valence-corrected chi connectivity index (χ4v) is 5.26. The molecular formula is C25H25NO2PPd+. The Kier molecular flexibility index (Phi) is 13.1.